The minimum atomic E-state index is -3.07. The second-order valence-electron chi connectivity index (χ2n) is 3.93. The molecule has 1 fully saturated rings. The van der Waals surface area contributed by atoms with Crippen molar-refractivity contribution in [3.63, 3.8) is 0 Å². The van der Waals surface area contributed by atoms with Crippen LogP contribution in [0.1, 0.15) is 6.42 Å². The molecule has 0 radical (unpaired) electrons. The van der Waals surface area contributed by atoms with Crippen molar-refractivity contribution < 1.29 is 18.6 Å². The minimum Gasteiger partial charge on any atom is -0.394 e. The second-order valence-corrected chi connectivity index (χ2v) is 3.93. The highest BCUT2D eigenvalue weighted by molar-refractivity contribution is 5.92. The maximum absolute atomic E-state index is 13.7. The van der Waals surface area contributed by atoms with Crippen molar-refractivity contribution in [1.29, 1.82) is 0 Å². The van der Waals surface area contributed by atoms with Crippen LogP contribution in [0.25, 0.3) is 0 Å². The average Bonchev–Trinajstić information content (AvgIpc) is 2.54. The van der Waals surface area contributed by atoms with Gasteiger partial charge in [0.05, 0.1) is 12.7 Å². The van der Waals surface area contributed by atoms with Gasteiger partial charge in [-0.1, -0.05) is 6.58 Å². The highest BCUT2D eigenvalue weighted by atomic mass is 19.3. The van der Waals surface area contributed by atoms with Crippen LogP contribution in [-0.2, 0) is 4.74 Å². The molecule has 7 heteroatoms. The first-order valence-electron chi connectivity index (χ1n) is 5.08. The Balaban J connectivity index is 2.18. The molecule has 0 aromatic carbocycles. The summed E-state index contributed by atoms with van der Waals surface area (Å²) in [5.41, 5.74) is 5.41. The maximum atomic E-state index is 13.7. The third-order valence-electron chi connectivity index (χ3n) is 2.60. The van der Waals surface area contributed by atoms with Crippen LogP contribution in [0.2, 0.25) is 0 Å². The van der Waals surface area contributed by atoms with Crippen molar-refractivity contribution in [1.82, 2.24) is 4.90 Å². The molecule has 0 spiro atoms. The van der Waals surface area contributed by atoms with Crippen molar-refractivity contribution in [2.24, 2.45) is 10.7 Å². The van der Waals surface area contributed by atoms with Gasteiger partial charge in [-0.05, 0) is 6.08 Å². The summed E-state index contributed by atoms with van der Waals surface area (Å²) in [6, 6.07) is 0. The van der Waals surface area contributed by atoms with Gasteiger partial charge in [-0.3, -0.25) is 0 Å². The van der Waals surface area contributed by atoms with Gasteiger partial charge in [0.2, 0.25) is 0 Å². The number of hydrogen-bond donors (Lipinski definition) is 2. The molecular formula is C10H13F2N3O2. The fraction of sp³-hybridized carbons (Fsp3) is 0.500. The zero-order chi connectivity index (χ0) is 12.6. The standard InChI is InChI=1S/C10H13F2N3O2/c1-6-14-8(13)2-3-15(6)9-10(11,12)4-7(5-16)17-9/h2-3,7,9,16H,1,4-5H2,(H2,13,14)/t7-,9+/m0/s1. The second kappa shape index (κ2) is 4.08. The van der Waals surface area contributed by atoms with Gasteiger partial charge in [-0.15, -0.1) is 0 Å². The lowest BCUT2D eigenvalue weighted by Gasteiger charge is -2.31. The number of aliphatic hydroxyl groups is 1. The van der Waals surface area contributed by atoms with Crippen molar-refractivity contribution in [3.05, 3.63) is 24.7 Å². The molecule has 0 saturated carbocycles. The van der Waals surface area contributed by atoms with Gasteiger partial charge in [0.15, 0.2) is 6.23 Å². The Hall–Kier alpha value is -1.47. The Morgan fingerprint density at radius 1 is 1.71 bits per heavy atom. The number of aliphatic hydroxyl groups excluding tert-OH is 1. The number of halogens is 2. The van der Waals surface area contributed by atoms with Gasteiger partial charge in [0.1, 0.15) is 11.7 Å². The Labute approximate surface area is 96.9 Å². The summed E-state index contributed by atoms with van der Waals surface area (Å²) in [4.78, 5) is 4.91. The zero-order valence-electron chi connectivity index (χ0n) is 9.01. The van der Waals surface area contributed by atoms with Gasteiger partial charge in [-0.2, -0.15) is 0 Å². The lowest BCUT2D eigenvalue weighted by Crippen LogP contribution is -2.42. The summed E-state index contributed by atoms with van der Waals surface area (Å²) in [7, 11) is 0. The van der Waals surface area contributed by atoms with E-state index in [9.17, 15) is 8.78 Å². The largest absolute Gasteiger partial charge is 0.394 e. The number of ether oxygens (including phenoxy) is 1. The van der Waals surface area contributed by atoms with Crippen molar-refractivity contribution in [2.75, 3.05) is 6.61 Å². The molecule has 2 aliphatic heterocycles. The normalized spacial score (nSPS) is 31.8. The molecule has 0 unspecified atom stereocenters. The number of amidine groups is 1. The van der Waals surface area contributed by atoms with Crippen LogP contribution < -0.4 is 5.73 Å². The molecule has 2 rings (SSSR count). The molecular weight excluding hydrogens is 232 g/mol. The monoisotopic (exact) mass is 245 g/mol. The number of rotatable bonds is 2. The fourth-order valence-corrected chi connectivity index (χ4v) is 1.81. The average molecular weight is 245 g/mol. The zero-order valence-corrected chi connectivity index (χ0v) is 9.01. The molecule has 5 nitrogen and oxygen atoms in total. The predicted molar refractivity (Wildman–Crippen MR) is 57.1 cm³/mol. The smallest absolute Gasteiger partial charge is 0.294 e. The summed E-state index contributed by atoms with van der Waals surface area (Å²) in [6.45, 7) is 3.10. The number of aliphatic imine (C=N–C) groups is 1. The van der Waals surface area contributed by atoms with E-state index < -0.39 is 31.3 Å². The Bertz CT molecular complexity index is 395. The first-order valence-corrected chi connectivity index (χ1v) is 5.08. The van der Waals surface area contributed by atoms with E-state index in [0.717, 1.165) is 4.90 Å². The molecule has 3 N–H and O–H groups in total. The quantitative estimate of drug-likeness (QED) is 0.738. The number of nitrogens with two attached hydrogens (primary N) is 1. The number of nitrogens with zero attached hydrogens (tertiary/aromatic N) is 2. The maximum Gasteiger partial charge on any atom is 0.294 e. The van der Waals surface area contributed by atoms with Crippen molar-refractivity contribution in [2.45, 2.75) is 24.7 Å². The highest BCUT2D eigenvalue weighted by Crippen LogP contribution is 2.39. The van der Waals surface area contributed by atoms with Crippen LogP contribution in [0.4, 0.5) is 8.78 Å². The van der Waals surface area contributed by atoms with Crippen LogP contribution in [0.3, 0.4) is 0 Å². The molecule has 2 atom stereocenters. The molecule has 1 saturated heterocycles. The summed E-state index contributed by atoms with van der Waals surface area (Å²) in [6.07, 6.45) is -0.159. The topological polar surface area (TPSA) is 71.1 Å². The third kappa shape index (κ3) is 2.16. The molecule has 94 valence electrons. The van der Waals surface area contributed by atoms with Crippen LogP contribution in [0, 0.1) is 0 Å². The Morgan fingerprint density at radius 2 is 2.41 bits per heavy atom. The van der Waals surface area contributed by atoms with Crippen molar-refractivity contribution in [3.8, 4) is 0 Å². The first kappa shape index (κ1) is 12.0. The fourth-order valence-electron chi connectivity index (χ4n) is 1.81. The van der Waals surface area contributed by atoms with E-state index in [1.165, 1.54) is 12.3 Å². The molecule has 2 aliphatic rings. The van der Waals surface area contributed by atoms with E-state index in [-0.39, 0.29) is 11.7 Å². The van der Waals surface area contributed by atoms with Crippen LogP contribution >= 0.6 is 0 Å². The van der Waals surface area contributed by atoms with E-state index >= 15 is 0 Å². The van der Waals surface area contributed by atoms with E-state index in [4.69, 9.17) is 15.6 Å². The van der Waals surface area contributed by atoms with Crippen molar-refractivity contribution >= 4 is 5.84 Å². The SMILES string of the molecule is C=C1N=C(N)C=CN1[C@@H]1O[C@H](CO)CC1(F)F. The summed E-state index contributed by atoms with van der Waals surface area (Å²) in [5, 5.41) is 8.86. The van der Waals surface area contributed by atoms with E-state index in [0.29, 0.717) is 0 Å². The summed E-state index contributed by atoms with van der Waals surface area (Å²) < 4.78 is 32.4. The number of hydrogen-bond acceptors (Lipinski definition) is 5. The molecule has 0 aromatic heterocycles. The molecule has 0 aromatic rings. The van der Waals surface area contributed by atoms with E-state index in [1.54, 1.807) is 0 Å². The lowest BCUT2D eigenvalue weighted by molar-refractivity contribution is -0.131. The predicted octanol–water partition coefficient (Wildman–Crippen LogP) is 0.387. The van der Waals surface area contributed by atoms with Gasteiger partial charge in [0, 0.05) is 12.6 Å². The summed E-state index contributed by atoms with van der Waals surface area (Å²) >= 11 is 0. The molecule has 17 heavy (non-hydrogen) atoms. The first-order chi connectivity index (χ1) is 7.94. The Morgan fingerprint density at radius 3 is 2.94 bits per heavy atom. The van der Waals surface area contributed by atoms with Gasteiger partial charge < -0.3 is 20.5 Å². The number of alkyl halides is 2. The molecule has 0 amide bonds. The highest BCUT2D eigenvalue weighted by Gasteiger charge is 2.53. The van der Waals surface area contributed by atoms with Gasteiger partial charge >= 0.3 is 0 Å². The molecule has 0 aliphatic carbocycles. The van der Waals surface area contributed by atoms with Crippen LogP contribution in [-0.4, -0.2) is 40.7 Å². The molecule has 2 heterocycles. The Kier molecular flexibility index (Phi) is 2.88. The third-order valence-corrected chi connectivity index (χ3v) is 2.60. The van der Waals surface area contributed by atoms with Gasteiger partial charge in [-0.25, -0.2) is 13.8 Å². The summed E-state index contributed by atoms with van der Waals surface area (Å²) in [5.74, 6) is -2.78. The molecule has 0 bridgehead atoms. The van der Waals surface area contributed by atoms with Gasteiger partial charge in [0.25, 0.3) is 5.92 Å². The van der Waals surface area contributed by atoms with E-state index in [2.05, 4.69) is 11.6 Å². The lowest BCUT2D eigenvalue weighted by atomic mass is 10.2. The van der Waals surface area contributed by atoms with E-state index in [1.807, 2.05) is 0 Å². The minimum absolute atomic E-state index is 0.0910. The van der Waals surface area contributed by atoms with Crippen LogP contribution in [0.15, 0.2) is 29.7 Å². The van der Waals surface area contributed by atoms with Crippen LogP contribution in [0.5, 0.6) is 0 Å².